The lowest BCUT2D eigenvalue weighted by Gasteiger charge is -2.01. The Kier molecular flexibility index (Phi) is 6.74. The summed E-state index contributed by atoms with van der Waals surface area (Å²) in [6, 6.07) is 3.58. The topological polar surface area (TPSA) is 30.2 Å². The zero-order valence-electron chi connectivity index (χ0n) is 12.3. The van der Waals surface area contributed by atoms with Crippen LogP contribution in [0.5, 0.6) is 0 Å². The Balaban J connectivity index is 0.000000956. The fourth-order valence-electron chi connectivity index (χ4n) is 1.65. The smallest absolute Gasteiger partial charge is 0.154 e. The highest BCUT2D eigenvalue weighted by Gasteiger charge is 2.07. The van der Waals surface area contributed by atoms with Gasteiger partial charge in [-0.05, 0) is 26.0 Å². The van der Waals surface area contributed by atoms with Crippen molar-refractivity contribution in [2.24, 2.45) is 0 Å². The van der Waals surface area contributed by atoms with Gasteiger partial charge in [-0.25, -0.2) is 9.50 Å². The predicted octanol–water partition coefficient (Wildman–Crippen LogP) is 4.94. The van der Waals surface area contributed by atoms with Gasteiger partial charge in [0, 0.05) is 5.57 Å². The summed E-state index contributed by atoms with van der Waals surface area (Å²) in [7, 11) is 0. The summed E-state index contributed by atoms with van der Waals surface area (Å²) in [5.74, 6) is 0. The van der Waals surface area contributed by atoms with Gasteiger partial charge in [-0.15, -0.1) is 0 Å². The van der Waals surface area contributed by atoms with Crippen LogP contribution in [-0.4, -0.2) is 14.6 Å². The average Bonchev–Trinajstić information content (AvgIpc) is 2.88. The van der Waals surface area contributed by atoms with Crippen LogP contribution in [0.25, 0.3) is 11.2 Å². The van der Waals surface area contributed by atoms with Crippen molar-refractivity contribution in [1.29, 1.82) is 0 Å². The highest BCUT2D eigenvalue weighted by molar-refractivity contribution is 6.29. The van der Waals surface area contributed by atoms with Gasteiger partial charge >= 0.3 is 0 Å². The SMILES string of the molecule is CC.C\C=C/C=C(\C=C/C)c1cnc2ccc(Cl)nn12. The summed E-state index contributed by atoms with van der Waals surface area (Å²) >= 11 is 5.92. The van der Waals surface area contributed by atoms with Gasteiger partial charge in [0.1, 0.15) is 5.15 Å². The monoisotopic (exact) mass is 289 g/mol. The Hall–Kier alpha value is -1.87. The molecule has 0 aliphatic rings. The van der Waals surface area contributed by atoms with E-state index in [0.29, 0.717) is 5.15 Å². The van der Waals surface area contributed by atoms with Gasteiger partial charge in [0.25, 0.3) is 0 Å². The largest absolute Gasteiger partial charge is 0.235 e. The lowest BCUT2D eigenvalue weighted by atomic mass is 10.1. The summed E-state index contributed by atoms with van der Waals surface area (Å²) in [5.41, 5.74) is 2.74. The van der Waals surface area contributed by atoms with Crippen molar-refractivity contribution in [3.8, 4) is 0 Å². The van der Waals surface area contributed by atoms with Crippen molar-refractivity contribution in [2.75, 3.05) is 0 Å². The molecule has 0 bridgehead atoms. The van der Waals surface area contributed by atoms with E-state index < -0.39 is 0 Å². The number of hydrogen-bond acceptors (Lipinski definition) is 2. The Labute approximate surface area is 125 Å². The predicted molar refractivity (Wildman–Crippen MR) is 87.0 cm³/mol. The molecule has 2 heterocycles. The normalized spacial score (nSPS) is 12.2. The Morgan fingerprint density at radius 3 is 2.60 bits per heavy atom. The first-order chi connectivity index (χ1) is 9.76. The van der Waals surface area contributed by atoms with Crippen molar-refractivity contribution in [1.82, 2.24) is 14.6 Å². The van der Waals surface area contributed by atoms with E-state index in [1.165, 1.54) is 0 Å². The van der Waals surface area contributed by atoms with E-state index in [1.54, 1.807) is 16.8 Å². The highest BCUT2D eigenvalue weighted by Crippen LogP contribution is 2.18. The Morgan fingerprint density at radius 2 is 1.95 bits per heavy atom. The molecule has 3 nitrogen and oxygen atoms in total. The number of allylic oxidation sites excluding steroid dienone is 6. The van der Waals surface area contributed by atoms with E-state index >= 15 is 0 Å². The second-order valence-corrected chi connectivity index (χ2v) is 4.10. The maximum Gasteiger partial charge on any atom is 0.154 e. The van der Waals surface area contributed by atoms with Crippen molar-refractivity contribution in [2.45, 2.75) is 27.7 Å². The van der Waals surface area contributed by atoms with Crippen LogP contribution >= 0.6 is 11.6 Å². The Morgan fingerprint density at radius 1 is 1.20 bits per heavy atom. The maximum atomic E-state index is 5.92. The van der Waals surface area contributed by atoms with Gasteiger partial charge in [0.15, 0.2) is 5.65 Å². The molecule has 0 aromatic carbocycles. The molecule has 2 aromatic heterocycles. The van der Waals surface area contributed by atoms with Crippen LogP contribution in [0.15, 0.2) is 48.7 Å². The molecule has 0 amide bonds. The summed E-state index contributed by atoms with van der Waals surface area (Å²) < 4.78 is 1.75. The van der Waals surface area contributed by atoms with E-state index in [-0.39, 0.29) is 0 Å². The maximum absolute atomic E-state index is 5.92. The second-order valence-electron chi connectivity index (χ2n) is 3.72. The number of nitrogens with zero attached hydrogens (tertiary/aromatic N) is 3. The fraction of sp³-hybridized carbons (Fsp3) is 0.250. The fourth-order valence-corrected chi connectivity index (χ4v) is 1.79. The standard InChI is InChI=1S/C14H14ClN3.C2H6/c1-3-5-7-11(6-4-2)12-10-16-14-9-8-13(15)17-18(12)14;1-2/h3-10H,1-2H3;1-2H3/b5-3-,6-4-,11-7+;. The van der Waals surface area contributed by atoms with Gasteiger partial charge in [-0.1, -0.05) is 55.8 Å². The van der Waals surface area contributed by atoms with E-state index in [0.717, 1.165) is 16.9 Å². The van der Waals surface area contributed by atoms with Crippen molar-refractivity contribution >= 4 is 22.8 Å². The molecule has 0 aliphatic carbocycles. The number of rotatable bonds is 3. The highest BCUT2D eigenvalue weighted by atomic mass is 35.5. The molecule has 0 spiro atoms. The van der Waals surface area contributed by atoms with E-state index in [1.807, 2.05) is 64.1 Å². The summed E-state index contributed by atoms with van der Waals surface area (Å²) in [5, 5.41) is 4.72. The Bertz CT molecular complexity index is 636. The summed E-state index contributed by atoms with van der Waals surface area (Å²) in [6.45, 7) is 7.96. The molecule has 0 fully saturated rings. The number of hydrogen-bond donors (Lipinski definition) is 0. The molecule has 106 valence electrons. The first-order valence-corrected chi connectivity index (χ1v) is 7.10. The third kappa shape index (κ3) is 3.81. The minimum Gasteiger partial charge on any atom is -0.235 e. The van der Waals surface area contributed by atoms with Crippen LogP contribution in [0.2, 0.25) is 5.15 Å². The third-order valence-corrected chi connectivity index (χ3v) is 2.64. The van der Waals surface area contributed by atoms with Gasteiger partial charge in [-0.3, -0.25) is 0 Å². The van der Waals surface area contributed by atoms with Gasteiger partial charge in [-0.2, -0.15) is 5.10 Å². The number of imidazole rings is 1. The summed E-state index contributed by atoms with van der Waals surface area (Å²) in [4.78, 5) is 4.31. The molecule has 0 unspecified atom stereocenters. The van der Waals surface area contributed by atoms with Crippen molar-refractivity contribution < 1.29 is 0 Å². The first-order valence-electron chi connectivity index (χ1n) is 6.72. The van der Waals surface area contributed by atoms with Crippen molar-refractivity contribution in [3.05, 3.63) is 59.6 Å². The van der Waals surface area contributed by atoms with Crippen LogP contribution in [0.3, 0.4) is 0 Å². The lowest BCUT2D eigenvalue weighted by molar-refractivity contribution is 0.923. The molecule has 0 radical (unpaired) electrons. The molecule has 0 saturated heterocycles. The van der Waals surface area contributed by atoms with Gasteiger partial charge < -0.3 is 0 Å². The zero-order chi connectivity index (χ0) is 15.0. The van der Waals surface area contributed by atoms with Gasteiger partial charge in [0.05, 0.1) is 11.9 Å². The molecule has 20 heavy (non-hydrogen) atoms. The van der Waals surface area contributed by atoms with E-state index in [4.69, 9.17) is 11.6 Å². The zero-order valence-corrected chi connectivity index (χ0v) is 13.1. The molecule has 0 saturated carbocycles. The number of fused-ring (bicyclic) bond motifs is 1. The molecule has 0 atom stereocenters. The molecule has 2 rings (SSSR count). The van der Waals surface area contributed by atoms with Crippen LogP contribution in [-0.2, 0) is 0 Å². The lowest BCUT2D eigenvalue weighted by Crippen LogP contribution is -1.96. The van der Waals surface area contributed by atoms with E-state index in [2.05, 4.69) is 10.1 Å². The van der Waals surface area contributed by atoms with Crippen molar-refractivity contribution in [3.63, 3.8) is 0 Å². The van der Waals surface area contributed by atoms with E-state index in [9.17, 15) is 0 Å². The third-order valence-electron chi connectivity index (χ3n) is 2.44. The molecule has 2 aromatic rings. The molecular formula is C16H20ClN3. The van der Waals surface area contributed by atoms with Crippen LogP contribution in [0, 0.1) is 0 Å². The minimum atomic E-state index is 0.451. The quantitative estimate of drug-likeness (QED) is 0.749. The molecule has 4 heteroatoms. The van der Waals surface area contributed by atoms with Crippen LogP contribution in [0.4, 0.5) is 0 Å². The molecule has 0 N–H and O–H groups in total. The minimum absolute atomic E-state index is 0.451. The first kappa shape index (κ1) is 16.2. The number of aromatic nitrogens is 3. The average molecular weight is 290 g/mol. The van der Waals surface area contributed by atoms with Gasteiger partial charge in [0.2, 0.25) is 0 Å². The number of halogens is 1. The second kappa shape index (κ2) is 8.33. The van der Waals surface area contributed by atoms with Crippen LogP contribution < -0.4 is 0 Å². The summed E-state index contributed by atoms with van der Waals surface area (Å²) in [6.07, 6.45) is 11.8. The molecule has 0 aliphatic heterocycles. The van der Waals surface area contributed by atoms with Crippen LogP contribution in [0.1, 0.15) is 33.4 Å². The molecular weight excluding hydrogens is 270 g/mol.